The van der Waals surface area contributed by atoms with E-state index < -0.39 is 6.16 Å². The average molecular weight is 154 g/mol. The molecular weight excluding hydrogens is 144 g/mol. The first kappa shape index (κ1) is 6.70. The van der Waals surface area contributed by atoms with Gasteiger partial charge in [-0.3, -0.25) is 0 Å². The van der Waals surface area contributed by atoms with Crippen LogP contribution in [0, 0.1) is 11.3 Å². The van der Waals surface area contributed by atoms with Crippen molar-refractivity contribution < 1.29 is 14.3 Å². The number of cyclic esters (lactones) is 2. The minimum absolute atomic E-state index is 0.0929. The van der Waals surface area contributed by atoms with Crippen molar-refractivity contribution in [2.24, 2.45) is 11.3 Å². The lowest BCUT2D eigenvalue weighted by molar-refractivity contribution is -0.0243. The predicted molar refractivity (Wildman–Crippen MR) is 38.0 cm³/mol. The van der Waals surface area contributed by atoms with Gasteiger partial charge in [-0.15, -0.1) is 6.58 Å². The standard InChI is InChI=1S/C8H10O3/c1-2-6-3-8(6)4-10-7(9)11-5-8/h2,6H,1,3-5H2. The first-order chi connectivity index (χ1) is 5.27. The quantitative estimate of drug-likeness (QED) is 0.422. The third-order valence-corrected chi connectivity index (χ3v) is 2.49. The maximum Gasteiger partial charge on any atom is 0.508 e. The SMILES string of the molecule is C=CC1CC12COC(=O)OC2. The van der Waals surface area contributed by atoms with Crippen LogP contribution in [-0.2, 0) is 9.47 Å². The van der Waals surface area contributed by atoms with E-state index in [1.54, 1.807) is 0 Å². The van der Waals surface area contributed by atoms with Crippen molar-refractivity contribution in [3.8, 4) is 0 Å². The zero-order chi connectivity index (χ0) is 7.90. The molecule has 0 aromatic rings. The van der Waals surface area contributed by atoms with Gasteiger partial charge in [-0.25, -0.2) is 4.79 Å². The summed E-state index contributed by atoms with van der Waals surface area (Å²) in [4.78, 5) is 10.5. The summed E-state index contributed by atoms with van der Waals surface area (Å²) < 4.78 is 9.56. The van der Waals surface area contributed by atoms with Crippen molar-refractivity contribution in [1.82, 2.24) is 0 Å². The maximum absolute atomic E-state index is 10.5. The molecule has 2 fully saturated rings. The van der Waals surface area contributed by atoms with E-state index in [2.05, 4.69) is 6.58 Å². The van der Waals surface area contributed by atoms with Crippen molar-refractivity contribution in [2.45, 2.75) is 6.42 Å². The summed E-state index contributed by atoms with van der Waals surface area (Å²) >= 11 is 0. The molecule has 0 radical (unpaired) electrons. The Kier molecular flexibility index (Phi) is 1.22. The van der Waals surface area contributed by atoms with E-state index in [-0.39, 0.29) is 5.41 Å². The highest BCUT2D eigenvalue weighted by molar-refractivity contribution is 5.61. The fourth-order valence-corrected chi connectivity index (χ4v) is 1.53. The van der Waals surface area contributed by atoms with Gasteiger partial charge in [-0.05, 0) is 12.3 Å². The molecule has 1 spiro atoms. The third kappa shape index (κ3) is 0.914. The van der Waals surface area contributed by atoms with Crippen molar-refractivity contribution in [3.05, 3.63) is 12.7 Å². The van der Waals surface area contributed by atoms with Gasteiger partial charge in [0.15, 0.2) is 0 Å². The number of rotatable bonds is 1. The molecule has 60 valence electrons. The Morgan fingerprint density at radius 2 is 2.18 bits per heavy atom. The maximum atomic E-state index is 10.5. The van der Waals surface area contributed by atoms with E-state index in [0.717, 1.165) is 6.42 Å². The van der Waals surface area contributed by atoms with E-state index in [0.29, 0.717) is 19.1 Å². The molecule has 1 saturated carbocycles. The number of carbonyl (C=O) groups excluding carboxylic acids is 1. The molecule has 0 aromatic carbocycles. The van der Waals surface area contributed by atoms with Crippen molar-refractivity contribution in [2.75, 3.05) is 13.2 Å². The van der Waals surface area contributed by atoms with Gasteiger partial charge in [0.25, 0.3) is 0 Å². The lowest BCUT2D eigenvalue weighted by Crippen LogP contribution is -2.30. The molecule has 0 bridgehead atoms. The van der Waals surface area contributed by atoms with Crippen LogP contribution in [0.4, 0.5) is 4.79 Å². The van der Waals surface area contributed by atoms with Crippen molar-refractivity contribution >= 4 is 6.16 Å². The topological polar surface area (TPSA) is 35.5 Å². The highest BCUT2D eigenvalue weighted by Gasteiger charge is 2.56. The van der Waals surface area contributed by atoms with Crippen LogP contribution in [0.15, 0.2) is 12.7 Å². The number of hydrogen-bond acceptors (Lipinski definition) is 3. The number of allylic oxidation sites excluding steroid dienone is 1. The summed E-state index contributed by atoms with van der Waals surface area (Å²) in [5.41, 5.74) is 0.0929. The van der Waals surface area contributed by atoms with E-state index in [1.165, 1.54) is 0 Å². The van der Waals surface area contributed by atoms with E-state index in [1.807, 2.05) is 6.08 Å². The van der Waals surface area contributed by atoms with Gasteiger partial charge >= 0.3 is 6.16 Å². The summed E-state index contributed by atoms with van der Waals surface area (Å²) in [5, 5.41) is 0. The second kappa shape index (κ2) is 2.00. The van der Waals surface area contributed by atoms with Crippen LogP contribution < -0.4 is 0 Å². The van der Waals surface area contributed by atoms with Gasteiger partial charge in [0.2, 0.25) is 0 Å². The van der Waals surface area contributed by atoms with Gasteiger partial charge in [0, 0.05) is 5.41 Å². The predicted octanol–water partition coefficient (Wildman–Crippen LogP) is 1.35. The third-order valence-electron chi connectivity index (χ3n) is 2.49. The van der Waals surface area contributed by atoms with Gasteiger partial charge in [-0.1, -0.05) is 6.08 Å². The van der Waals surface area contributed by atoms with Crippen LogP contribution in [0.2, 0.25) is 0 Å². The molecule has 0 N–H and O–H groups in total. The lowest BCUT2D eigenvalue weighted by Gasteiger charge is -2.21. The summed E-state index contributed by atoms with van der Waals surface area (Å²) in [6, 6.07) is 0. The second-order valence-electron chi connectivity index (χ2n) is 3.24. The van der Waals surface area contributed by atoms with E-state index in [4.69, 9.17) is 9.47 Å². The van der Waals surface area contributed by atoms with E-state index in [9.17, 15) is 4.79 Å². The highest BCUT2D eigenvalue weighted by atomic mass is 16.7. The fourth-order valence-electron chi connectivity index (χ4n) is 1.53. The molecule has 3 heteroatoms. The molecule has 1 atom stereocenters. The van der Waals surface area contributed by atoms with Crippen LogP contribution in [0.5, 0.6) is 0 Å². The minimum Gasteiger partial charge on any atom is -0.434 e. The second-order valence-corrected chi connectivity index (χ2v) is 3.24. The zero-order valence-electron chi connectivity index (χ0n) is 6.21. The van der Waals surface area contributed by atoms with Gasteiger partial charge < -0.3 is 9.47 Å². The molecule has 11 heavy (non-hydrogen) atoms. The molecule has 2 aliphatic rings. The average Bonchev–Trinajstić information content (AvgIpc) is 2.71. The van der Waals surface area contributed by atoms with Crippen LogP contribution in [0.25, 0.3) is 0 Å². The molecule has 0 amide bonds. The van der Waals surface area contributed by atoms with Crippen LogP contribution in [-0.4, -0.2) is 19.4 Å². The van der Waals surface area contributed by atoms with Gasteiger partial charge in [0.1, 0.15) is 13.2 Å². The summed E-state index contributed by atoms with van der Waals surface area (Å²) in [7, 11) is 0. The summed E-state index contributed by atoms with van der Waals surface area (Å²) in [6.45, 7) is 4.70. The molecule has 1 saturated heterocycles. The first-order valence-electron chi connectivity index (χ1n) is 3.69. The molecular formula is C8H10O3. The fraction of sp³-hybridized carbons (Fsp3) is 0.625. The van der Waals surface area contributed by atoms with Gasteiger partial charge in [0.05, 0.1) is 0 Å². The van der Waals surface area contributed by atoms with Crippen LogP contribution >= 0.6 is 0 Å². The monoisotopic (exact) mass is 154 g/mol. The molecule has 0 aromatic heterocycles. The van der Waals surface area contributed by atoms with Crippen molar-refractivity contribution in [3.63, 3.8) is 0 Å². The highest BCUT2D eigenvalue weighted by Crippen LogP contribution is 2.54. The van der Waals surface area contributed by atoms with Crippen molar-refractivity contribution in [1.29, 1.82) is 0 Å². The Bertz CT molecular complexity index is 199. The lowest BCUT2D eigenvalue weighted by atomic mass is 10.1. The molecule has 1 unspecified atom stereocenters. The Labute approximate surface area is 65.0 Å². The minimum atomic E-state index is -0.537. The Hall–Kier alpha value is -0.990. The first-order valence-corrected chi connectivity index (χ1v) is 3.69. The molecule has 1 aliphatic carbocycles. The van der Waals surface area contributed by atoms with Crippen LogP contribution in [0.1, 0.15) is 6.42 Å². The smallest absolute Gasteiger partial charge is 0.434 e. The summed E-state index contributed by atoms with van der Waals surface area (Å²) in [6.07, 6.45) is 2.41. The zero-order valence-corrected chi connectivity index (χ0v) is 6.21. The van der Waals surface area contributed by atoms with E-state index >= 15 is 0 Å². The number of ether oxygens (including phenoxy) is 2. The largest absolute Gasteiger partial charge is 0.508 e. The molecule has 3 nitrogen and oxygen atoms in total. The molecule has 2 rings (SSSR count). The Morgan fingerprint density at radius 3 is 2.64 bits per heavy atom. The normalized spacial score (nSPS) is 32.4. The Morgan fingerprint density at radius 1 is 1.55 bits per heavy atom. The molecule has 1 heterocycles. The summed E-state index contributed by atoms with van der Waals surface area (Å²) in [5.74, 6) is 0.482. The molecule has 1 aliphatic heterocycles. The number of carbonyl (C=O) groups is 1. The van der Waals surface area contributed by atoms with Gasteiger partial charge in [-0.2, -0.15) is 0 Å². The number of hydrogen-bond donors (Lipinski definition) is 0. The Balaban J connectivity index is 1.99. The van der Waals surface area contributed by atoms with Crippen LogP contribution in [0.3, 0.4) is 0 Å².